The fourth-order valence-electron chi connectivity index (χ4n) is 2.70. The van der Waals surface area contributed by atoms with E-state index in [1.807, 2.05) is 5.38 Å². The van der Waals surface area contributed by atoms with Crippen molar-refractivity contribution in [2.75, 3.05) is 0 Å². The summed E-state index contributed by atoms with van der Waals surface area (Å²) in [5.74, 6) is -0.233. The summed E-state index contributed by atoms with van der Waals surface area (Å²) in [7, 11) is 0. The van der Waals surface area contributed by atoms with Crippen LogP contribution in [0.1, 0.15) is 31.4 Å². The van der Waals surface area contributed by atoms with Crippen molar-refractivity contribution in [3.8, 4) is 10.6 Å². The van der Waals surface area contributed by atoms with Gasteiger partial charge in [-0.15, -0.1) is 11.3 Å². The zero-order valence-corrected chi connectivity index (χ0v) is 12.6. The first-order valence-corrected chi connectivity index (χ1v) is 8.22. The summed E-state index contributed by atoms with van der Waals surface area (Å²) >= 11 is 1.56. The van der Waals surface area contributed by atoms with E-state index in [2.05, 4.69) is 10.3 Å². The van der Waals surface area contributed by atoms with Gasteiger partial charge in [0.15, 0.2) is 0 Å². The van der Waals surface area contributed by atoms with E-state index in [4.69, 9.17) is 0 Å². The largest absolute Gasteiger partial charge is 0.392 e. The highest BCUT2D eigenvalue weighted by Gasteiger charge is 2.22. The summed E-state index contributed by atoms with van der Waals surface area (Å²) in [6.07, 6.45) is 3.96. The maximum absolute atomic E-state index is 12.9. The Balaban J connectivity index is 1.61. The maximum atomic E-state index is 12.9. The van der Waals surface area contributed by atoms with E-state index in [1.165, 1.54) is 18.6 Å². The number of halogens is 1. The molecule has 1 aliphatic carbocycles. The molecule has 0 aliphatic heterocycles. The van der Waals surface area contributed by atoms with Crippen LogP contribution in [-0.2, 0) is 6.54 Å². The Bertz CT molecular complexity index is 584. The summed E-state index contributed by atoms with van der Waals surface area (Å²) in [6.45, 7) is 0.666. The molecule has 0 bridgehead atoms. The van der Waals surface area contributed by atoms with Gasteiger partial charge >= 0.3 is 0 Å². The van der Waals surface area contributed by atoms with Gasteiger partial charge in [0.05, 0.1) is 11.8 Å². The number of aliphatic hydroxyl groups excluding tert-OH is 1. The third-order valence-electron chi connectivity index (χ3n) is 3.92. The van der Waals surface area contributed by atoms with Crippen molar-refractivity contribution >= 4 is 11.3 Å². The van der Waals surface area contributed by atoms with Crippen molar-refractivity contribution < 1.29 is 9.50 Å². The molecule has 1 fully saturated rings. The number of aromatic nitrogens is 1. The number of nitrogens with zero attached hydrogens (tertiary/aromatic N) is 1. The van der Waals surface area contributed by atoms with Gasteiger partial charge in [-0.1, -0.05) is 12.8 Å². The lowest BCUT2D eigenvalue weighted by molar-refractivity contribution is 0.0901. The van der Waals surface area contributed by atoms with Gasteiger partial charge in [0.2, 0.25) is 0 Å². The molecule has 1 aromatic carbocycles. The average Bonchev–Trinajstić information content (AvgIpc) is 2.96. The lowest BCUT2D eigenvalue weighted by atomic mass is 9.92. The van der Waals surface area contributed by atoms with Gasteiger partial charge in [0.1, 0.15) is 10.8 Å². The molecular weight excluding hydrogens is 287 g/mol. The minimum atomic E-state index is -0.242. The average molecular weight is 306 g/mol. The fourth-order valence-corrected chi connectivity index (χ4v) is 3.52. The smallest absolute Gasteiger partial charge is 0.123 e. The Morgan fingerprint density at radius 1 is 1.24 bits per heavy atom. The van der Waals surface area contributed by atoms with E-state index >= 15 is 0 Å². The number of nitrogens with one attached hydrogen (secondary N) is 1. The first-order valence-electron chi connectivity index (χ1n) is 7.34. The van der Waals surface area contributed by atoms with Crippen molar-refractivity contribution in [3.05, 3.63) is 41.2 Å². The van der Waals surface area contributed by atoms with E-state index < -0.39 is 0 Å². The molecule has 1 aliphatic rings. The Hall–Kier alpha value is -1.30. The highest BCUT2D eigenvalue weighted by Crippen LogP contribution is 2.24. The zero-order chi connectivity index (χ0) is 14.7. The SMILES string of the molecule is OC1CCCCC1NCc1csc(-c2ccc(F)cc2)n1. The molecule has 21 heavy (non-hydrogen) atoms. The van der Waals surface area contributed by atoms with Gasteiger partial charge in [0, 0.05) is 23.5 Å². The van der Waals surface area contributed by atoms with Crippen LogP contribution in [0.5, 0.6) is 0 Å². The van der Waals surface area contributed by atoms with Gasteiger partial charge in [-0.2, -0.15) is 0 Å². The number of thiazole rings is 1. The number of benzene rings is 1. The third-order valence-corrected chi connectivity index (χ3v) is 4.86. The second-order valence-electron chi connectivity index (χ2n) is 5.49. The standard InChI is InChI=1S/C16H19FN2OS/c17-12-7-5-11(6-8-12)16-19-13(10-21-16)9-18-14-3-1-2-4-15(14)20/h5-8,10,14-15,18,20H,1-4,9H2. The molecule has 112 valence electrons. The van der Waals surface area contributed by atoms with E-state index in [9.17, 15) is 9.50 Å². The molecule has 0 spiro atoms. The Kier molecular flexibility index (Phi) is 4.63. The lowest BCUT2D eigenvalue weighted by Gasteiger charge is -2.28. The normalized spacial score (nSPS) is 22.4. The van der Waals surface area contributed by atoms with Gasteiger partial charge in [-0.25, -0.2) is 9.37 Å². The van der Waals surface area contributed by atoms with E-state index in [1.54, 1.807) is 23.5 Å². The summed E-state index contributed by atoms with van der Waals surface area (Å²) in [4.78, 5) is 4.57. The van der Waals surface area contributed by atoms with Crippen LogP contribution in [0.4, 0.5) is 4.39 Å². The Morgan fingerprint density at radius 2 is 2.00 bits per heavy atom. The van der Waals surface area contributed by atoms with Gasteiger partial charge in [-0.3, -0.25) is 0 Å². The van der Waals surface area contributed by atoms with Crippen LogP contribution in [0, 0.1) is 5.82 Å². The second-order valence-corrected chi connectivity index (χ2v) is 6.35. The highest BCUT2D eigenvalue weighted by atomic mass is 32.1. The summed E-state index contributed by atoms with van der Waals surface area (Å²) < 4.78 is 12.9. The molecular formula is C16H19FN2OS. The molecule has 1 saturated carbocycles. The molecule has 3 rings (SSSR count). The van der Waals surface area contributed by atoms with Crippen LogP contribution in [0.3, 0.4) is 0 Å². The van der Waals surface area contributed by atoms with Crippen LogP contribution < -0.4 is 5.32 Å². The predicted molar refractivity (Wildman–Crippen MR) is 82.6 cm³/mol. The molecule has 2 aromatic rings. The zero-order valence-electron chi connectivity index (χ0n) is 11.8. The number of aliphatic hydroxyl groups is 1. The van der Waals surface area contributed by atoms with E-state index in [0.717, 1.165) is 35.5 Å². The minimum absolute atomic E-state index is 0.176. The van der Waals surface area contributed by atoms with E-state index in [0.29, 0.717) is 6.54 Å². The molecule has 0 saturated heterocycles. The summed E-state index contributed by atoms with van der Waals surface area (Å²) in [6, 6.07) is 6.57. The van der Waals surface area contributed by atoms with E-state index in [-0.39, 0.29) is 18.0 Å². The number of hydrogen-bond acceptors (Lipinski definition) is 4. The van der Waals surface area contributed by atoms with Crippen LogP contribution >= 0.6 is 11.3 Å². The molecule has 1 heterocycles. The topological polar surface area (TPSA) is 45.1 Å². The monoisotopic (exact) mass is 306 g/mol. The van der Waals surface area contributed by atoms with Crippen LogP contribution in [-0.4, -0.2) is 22.2 Å². The third kappa shape index (κ3) is 3.67. The summed E-state index contributed by atoms with van der Waals surface area (Å²) in [5.41, 5.74) is 1.91. The molecule has 1 aromatic heterocycles. The number of rotatable bonds is 4. The first-order chi connectivity index (χ1) is 10.2. The fraction of sp³-hybridized carbons (Fsp3) is 0.438. The minimum Gasteiger partial charge on any atom is -0.392 e. The molecule has 2 unspecified atom stereocenters. The van der Waals surface area contributed by atoms with Gasteiger partial charge in [-0.05, 0) is 37.1 Å². The van der Waals surface area contributed by atoms with Gasteiger partial charge < -0.3 is 10.4 Å². The highest BCUT2D eigenvalue weighted by molar-refractivity contribution is 7.13. The molecule has 3 nitrogen and oxygen atoms in total. The Morgan fingerprint density at radius 3 is 2.76 bits per heavy atom. The van der Waals surface area contributed by atoms with Crippen molar-refractivity contribution in [1.82, 2.24) is 10.3 Å². The van der Waals surface area contributed by atoms with Crippen LogP contribution in [0.15, 0.2) is 29.6 Å². The molecule has 0 amide bonds. The molecule has 2 atom stereocenters. The predicted octanol–water partition coefficient (Wildman–Crippen LogP) is 3.34. The lowest BCUT2D eigenvalue weighted by Crippen LogP contribution is -2.41. The summed E-state index contributed by atoms with van der Waals surface area (Å²) in [5, 5.41) is 16.2. The van der Waals surface area contributed by atoms with Crippen molar-refractivity contribution in [1.29, 1.82) is 0 Å². The van der Waals surface area contributed by atoms with Crippen molar-refractivity contribution in [2.24, 2.45) is 0 Å². The van der Waals surface area contributed by atoms with Crippen molar-refractivity contribution in [3.63, 3.8) is 0 Å². The second kappa shape index (κ2) is 6.64. The van der Waals surface area contributed by atoms with Crippen LogP contribution in [0.25, 0.3) is 10.6 Å². The van der Waals surface area contributed by atoms with Gasteiger partial charge in [0.25, 0.3) is 0 Å². The molecule has 5 heteroatoms. The Labute approximate surface area is 127 Å². The number of hydrogen-bond donors (Lipinski definition) is 2. The molecule has 0 radical (unpaired) electrons. The first kappa shape index (κ1) is 14.6. The van der Waals surface area contributed by atoms with Crippen LogP contribution in [0.2, 0.25) is 0 Å². The molecule has 2 N–H and O–H groups in total. The maximum Gasteiger partial charge on any atom is 0.123 e. The quantitative estimate of drug-likeness (QED) is 0.910. The van der Waals surface area contributed by atoms with Crippen molar-refractivity contribution in [2.45, 2.75) is 44.4 Å².